The molecule has 0 bridgehead atoms. The van der Waals surface area contributed by atoms with E-state index >= 15 is 0 Å². The molecule has 2 heterocycles. The molecular formula is C48H58N4O6. The fourth-order valence-corrected chi connectivity index (χ4v) is 8.95. The highest BCUT2D eigenvalue weighted by molar-refractivity contribution is 6.13. The maximum Gasteiger partial charge on any atom is 0.270 e. The molecule has 0 aliphatic rings. The van der Waals surface area contributed by atoms with Gasteiger partial charge in [0.15, 0.2) is 11.6 Å². The highest BCUT2D eigenvalue weighted by Crippen LogP contribution is 2.39. The molecule has 10 nitrogen and oxygen atoms in total. The fourth-order valence-electron chi connectivity index (χ4n) is 8.95. The second-order valence-electron chi connectivity index (χ2n) is 16.0. The van der Waals surface area contributed by atoms with E-state index in [-0.39, 0.29) is 44.9 Å². The number of hydrogen-bond donors (Lipinski definition) is 0. The van der Waals surface area contributed by atoms with Gasteiger partial charge in [-0.15, -0.1) is 0 Å². The zero-order valence-corrected chi connectivity index (χ0v) is 34.6. The van der Waals surface area contributed by atoms with E-state index in [4.69, 9.17) is 0 Å². The van der Waals surface area contributed by atoms with Gasteiger partial charge in [0.1, 0.15) is 0 Å². The number of aromatic nitrogens is 2. The zero-order valence-electron chi connectivity index (χ0n) is 34.6. The summed E-state index contributed by atoms with van der Waals surface area (Å²) in [5.41, 5.74) is 5.22. The lowest BCUT2D eigenvalue weighted by molar-refractivity contribution is -0.384. The van der Waals surface area contributed by atoms with Crippen LogP contribution in [0.15, 0.2) is 72.8 Å². The van der Waals surface area contributed by atoms with Crippen molar-refractivity contribution in [2.24, 2.45) is 0 Å². The molecule has 306 valence electrons. The Morgan fingerprint density at radius 3 is 1.21 bits per heavy atom. The normalized spacial score (nSPS) is 12.8. The lowest BCUT2D eigenvalue weighted by Crippen LogP contribution is -2.08. The first-order chi connectivity index (χ1) is 28.1. The number of unbranched alkanes of at least 4 members (excludes halogenated alkanes) is 7. The summed E-state index contributed by atoms with van der Waals surface area (Å²) in [5, 5.41) is 26.8. The van der Waals surface area contributed by atoms with E-state index in [9.17, 15) is 29.8 Å². The van der Waals surface area contributed by atoms with Crippen molar-refractivity contribution >= 4 is 66.6 Å². The van der Waals surface area contributed by atoms with Crippen molar-refractivity contribution in [3.63, 3.8) is 0 Å². The number of carbonyl (C=O) groups is 2. The molecule has 2 aromatic heterocycles. The minimum Gasteiger partial charge on any atom is -0.337 e. The molecule has 0 amide bonds. The average Bonchev–Trinajstić information content (AvgIpc) is 3.73. The summed E-state index contributed by atoms with van der Waals surface area (Å²) in [6.07, 6.45) is 14.6. The molecule has 4 aromatic carbocycles. The summed E-state index contributed by atoms with van der Waals surface area (Å²) < 4.78 is 4.64. The zero-order chi connectivity index (χ0) is 41.3. The standard InChI is InChI=1S/C48H58N4O6/c1-5-9-13-17-35(7-3)49-43-25-21-33(29-39(43)41-31-37(51(55)56)23-27-45(41)49)47(53)19-15-11-12-16-20-48(54)34-22-26-44-40(30-34)42-32-38(52(57)58)24-28-46(42)50(44)36(8-4)18-14-10-6-2/h21-32,35-36H,5-20H2,1-4H3. The lowest BCUT2D eigenvalue weighted by atomic mass is 9.99. The van der Waals surface area contributed by atoms with Gasteiger partial charge in [-0.05, 0) is 87.1 Å². The molecule has 2 atom stereocenters. The number of ketones is 2. The predicted molar refractivity (Wildman–Crippen MR) is 235 cm³/mol. The molecule has 6 rings (SSSR count). The van der Waals surface area contributed by atoms with Gasteiger partial charge in [-0.1, -0.05) is 79.1 Å². The largest absolute Gasteiger partial charge is 0.337 e. The molecule has 6 aromatic rings. The van der Waals surface area contributed by atoms with Crippen LogP contribution in [0.2, 0.25) is 0 Å². The number of nitro benzene ring substituents is 2. The van der Waals surface area contributed by atoms with Crippen molar-refractivity contribution in [1.29, 1.82) is 0 Å². The summed E-state index contributed by atoms with van der Waals surface area (Å²) in [6, 6.07) is 22.3. The Kier molecular flexibility index (Phi) is 14.1. The maximum absolute atomic E-state index is 13.5. The fraction of sp³-hybridized carbons (Fsp3) is 0.458. The van der Waals surface area contributed by atoms with Gasteiger partial charge < -0.3 is 9.13 Å². The van der Waals surface area contributed by atoms with E-state index in [2.05, 4.69) is 36.8 Å². The molecule has 58 heavy (non-hydrogen) atoms. The minimum absolute atomic E-state index is 0.0403. The third-order valence-electron chi connectivity index (χ3n) is 12.1. The van der Waals surface area contributed by atoms with Crippen LogP contribution in [0.1, 0.15) is 163 Å². The number of Topliss-reactive ketones (excluding diaryl/α,β-unsaturated/α-hetero) is 2. The second kappa shape index (κ2) is 19.4. The lowest BCUT2D eigenvalue weighted by Gasteiger charge is -2.20. The molecular weight excluding hydrogens is 729 g/mol. The topological polar surface area (TPSA) is 130 Å². The van der Waals surface area contributed by atoms with E-state index in [0.29, 0.717) is 36.8 Å². The van der Waals surface area contributed by atoms with Gasteiger partial charge in [-0.2, -0.15) is 0 Å². The van der Waals surface area contributed by atoms with E-state index in [1.807, 2.05) is 48.5 Å². The number of carbonyl (C=O) groups excluding carboxylic acids is 2. The Labute approximate surface area is 340 Å². The molecule has 0 saturated heterocycles. The quantitative estimate of drug-likeness (QED) is 0.0275. The Hall–Kier alpha value is -5.38. The molecule has 2 unspecified atom stereocenters. The van der Waals surface area contributed by atoms with Gasteiger partial charge in [-0.3, -0.25) is 29.8 Å². The molecule has 10 heteroatoms. The van der Waals surface area contributed by atoms with E-state index in [1.54, 1.807) is 24.3 Å². The maximum atomic E-state index is 13.5. The van der Waals surface area contributed by atoms with Gasteiger partial charge in [0.2, 0.25) is 0 Å². The highest BCUT2D eigenvalue weighted by atomic mass is 16.6. The van der Waals surface area contributed by atoms with Crippen molar-refractivity contribution in [2.75, 3.05) is 0 Å². The SMILES string of the molecule is CCCCCC(CC)n1c2ccc(C(=O)CCCCCCC(=O)c3ccc4c(c3)c3cc([N+](=O)[O-])ccc3n4C(CC)CCCCC)cc2c2cc([N+](=O)[O-])ccc21. The van der Waals surface area contributed by atoms with Crippen LogP contribution >= 0.6 is 0 Å². The molecule has 0 radical (unpaired) electrons. The average molecular weight is 787 g/mol. The number of non-ortho nitro benzene ring substituents is 2. The first kappa shape index (κ1) is 42.2. The number of nitro groups is 2. The van der Waals surface area contributed by atoms with Crippen molar-refractivity contribution in [3.8, 4) is 0 Å². The van der Waals surface area contributed by atoms with Crippen LogP contribution in [0.25, 0.3) is 43.6 Å². The van der Waals surface area contributed by atoms with Crippen molar-refractivity contribution in [2.45, 2.75) is 143 Å². The molecule has 0 saturated carbocycles. The highest BCUT2D eigenvalue weighted by Gasteiger charge is 2.23. The number of rotatable bonds is 23. The van der Waals surface area contributed by atoms with Gasteiger partial charge >= 0.3 is 0 Å². The van der Waals surface area contributed by atoms with Crippen molar-refractivity contribution < 1.29 is 19.4 Å². The van der Waals surface area contributed by atoms with Crippen LogP contribution in [-0.2, 0) is 0 Å². The van der Waals surface area contributed by atoms with E-state index < -0.39 is 0 Å². The second-order valence-corrected chi connectivity index (χ2v) is 16.0. The van der Waals surface area contributed by atoms with E-state index in [0.717, 1.165) is 121 Å². The number of benzene rings is 4. The Bertz CT molecular complexity index is 2270. The summed E-state index contributed by atoms with van der Waals surface area (Å²) in [4.78, 5) is 49.7. The smallest absolute Gasteiger partial charge is 0.270 e. The monoisotopic (exact) mass is 786 g/mol. The molecule has 0 aliphatic carbocycles. The molecule has 0 spiro atoms. The Morgan fingerprint density at radius 2 is 0.862 bits per heavy atom. The van der Waals surface area contributed by atoms with Crippen molar-refractivity contribution in [1.82, 2.24) is 9.13 Å². The van der Waals surface area contributed by atoms with Crippen LogP contribution in [0, 0.1) is 20.2 Å². The number of fused-ring (bicyclic) bond motifs is 6. The van der Waals surface area contributed by atoms with Crippen LogP contribution in [0.5, 0.6) is 0 Å². The predicted octanol–water partition coefficient (Wildman–Crippen LogP) is 14.2. The van der Waals surface area contributed by atoms with Crippen LogP contribution in [0.4, 0.5) is 11.4 Å². The van der Waals surface area contributed by atoms with Gasteiger partial charge in [-0.25, -0.2) is 0 Å². The third-order valence-corrected chi connectivity index (χ3v) is 12.1. The van der Waals surface area contributed by atoms with Crippen LogP contribution in [-0.4, -0.2) is 30.5 Å². The first-order valence-electron chi connectivity index (χ1n) is 21.6. The molecule has 0 N–H and O–H groups in total. The summed E-state index contributed by atoms with van der Waals surface area (Å²) in [7, 11) is 0. The summed E-state index contributed by atoms with van der Waals surface area (Å²) in [6.45, 7) is 8.75. The summed E-state index contributed by atoms with van der Waals surface area (Å²) in [5.74, 6) is 0.0883. The van der Waals surface area contributed by atoms with Crippen molar-refractivity contribution in [3.05, 3.63) is 104 Å². The molecule has 0 fully saturated rings. The van der Waals surface area contributed by atoms with Gasteiger partial charge in [0.25, 0.3) is 11.4 Å². The summed E-state index contributed by atoms with van der Waals surface area (Å²) >= 11 is 0. The van der Waals surface area contributed by atoms with Crippen LogP contribution in [0.3, 0.4) is 0 Å². The Balaban J connectivity index is 1.11. The van der Waals surface area contributed by atoms with Gasteiger partial charge in [0, 0.05) is 104 Å². The van der Waals surface area contributed by atoms with E-state index in [1.165, 1.54) is 0 Å². The van der Waals surface area contributed by atoms with Gasteiger partial charge in [0.05, 0.1) is 9.85 Å². The minimum atomic E-state index is -0.366. The number of nitrogens with zero attached hydrogens (tertiary/aromatic N) is 4. The first-order valence-corrected chi connectivity index (χ1v) is 21.6. The number of hydrogen-bond acceptors (Lipinski definition) is 6. The third kappa shape index (κ3) is 9.01. The Morgan fingerprint density at radius 1 is 0.500 bits per heavy atom. The van der Waals surface area contributed by atoms with Crippen LogP contribution < -0.4 is 0 Å². The molecule has 0 aliphatic heterocycles.